The fourth-order valence-electron chi connectivity index (χ4n) is 1.74. The molecular weight excluding hydrogens is 242 g/mol. The zero-order valence-corrected chi connectivity index (χ0v) is 11.0. The van der Waals surface area contributed by atoms with Crippen LogP contribution in [0.1, 0.15) is 18.0 Å². The number of aliphatic hydroxyl groups is 1. The van der Waals surface area contributed by atoms with Gasteiger partial charge in [-0.05, 0) is 19.5 Å². The lowest BCUT2D eigenvalue weighted by Crippen LogP contribution is -2.18. The molecule has 0 spiro atoms. The Morgan fingerprint density at radius 2 is 1.94 bits per heavy atom. The maximum atomic E-state index is 9.02. The topological polar surface area (TPSA) is 50.7 Å². The van der Waals surface area contributed by atoms with Gasteiger partial charge >= 0.3 is 0 Å². The Bertz CT molecular complexity index is 371. The van der Waals surface area contributed by atoms with Crippen LogP contribution < -0.4 is 14.8 Å². The minimum Gasteiger partial charge on any atom is -0.496 e. The van der Waals surface area contributed by atoms with Gasteiger partial charge in [-0.3, -0.25) is 0 Å². The summed E-state index contributed by atoms with van der Waals surface area (Å²) in [4.78, 5) is 0. The SMILES string of the molecule is CNC(CCO)c1cc(Cl)c(OC)cc1OC. The van der Waals surface area contributed by atoms with Crippen molar-refractivity contribution >= 4 is 11.6 Å². The molecule has 17 heavy (non-hydrogen) atoms. The monoisotopic (exact) mass is 259 g/mol. The Morgan fingerprint density at radius 3 is 2.41 bits per heavy atom. The summed E-state index contributed by atoms with van der Waals surface area (Å²) in [5.41, 5.74) is 0.912. The lowest BCUT2D eigenvalue weighted by molar-refractivity contribution is 0.267. The van der Waals surface area contributed by atoms with Crippen molar-refractivity contribution in [3.05, 3.63) is 22.7 Å². The van der Waals surface area contributed by atoms with Crippen molar-refractivity contribution in [1.29, 1.82) is 0 Å². The molecule has 0 radical (unpaired) electrons. The molecular formula is C12H18ClNO3. The Morgan fingerprint density at radius 1 is 1.29 bits per heavy atom. The van der Waals surface area contributed by atoms with E-state index < -0.39 is 0 Å². The smallest absolute Gasteiger partial charge is 0.141 e. The third kappa shape index (κ3) is 3.25. The number of nitrogens with one attached hydrogen (secondary N) is 1. The zero-order valence-electron chi connectivity index (χ0n) is 10.3. The standard InChI is InChI=1S/C12H18ClNO3/c1-14-10(4-5-15)8-6-9(13)12(17-3)7-11(8)16-2/h6-7,10,14-15H,4-5H2,1-3H3. The van der Waals surface area contributed by atoms with Crippen LogP contribution in [-0.2, 0) is 0 Å². The third-order valence-corrected chi connectivity index (χ3v) is 2.94. The normalized spacial score (nSPS) is 12.3. The summed E-state index contributed by atoms with van der Waals surface area (Å²) < 4.78 is 10.4. The van der Waals surface area contributed by atoms with Gasteiger partial charge in [-0.15, -0.1) is 0 Å². The van der Waals surface area contributed by atoms with Crippen LogP contribution in [0.15, 0.2) is 12.1 Å². The lowest BCUT2D eigenvalue weighted by atomic mass is 10.0. The number of hydrogen-bond acceptors (Lipinski definition) is 4. The van der Waals surface area contributed by atoms with Crippen molar-refractivity contribution < 1.29 is 14.6 Å². The van der Waals surface area contributed by atoms with Crippen LogP contribution in [0.2, 0.25) is 5.02 Å². The number of methoxy groups -OCH3 is 2. The third-order valence-electron chi connectivity index (χ3n) is 2.65. The number of hydrogen-bond donors (Lipinski definition) is 2. The number of ether oxygens (including phenoxy) is 2. The largest absolute Gasteiger partial charge is 0.496 e. The second-order valence-corrected chi connectivity index (χ2v) is 3.99. The summed E-state index contributed by atoms with van der Waals surface area (Å²) in [6.07, 6.45) is 0.593. The molecule has 4 nitrogen and oxygen atoms in total. The van der Waals surface area contributed by atoms with E-state index in [4.69, 9.17) is 26.2 Å². The number of rotatable bonds is 6. The number of aliphatic hydroxyl groups excluding tert-OH is 1. The summed E-state index contributed by atoms with van der Waals surface area (Å²) >= 11 is 6.09. The molecule has 1 atom stereocenters. The molecule has 0 bridgehead atoms. The van der Waals surface area contributed by atoms with Gasteiger partial charge in [0.2, 0.25) is 0 Å². The van der Waals surface area contributed by atoms with Crippen LogP contribution in [-0.4, -0.2) is 33.0 Å². The minimum atomic E-state index is -0.00152. The highest BCUT2D eigenvalue weighted by molar-refractivity contribution is 6.32. The van der Waals surface area contributed by atoms with Gasteiger partial charge in [0, 0.05) is 24.3 Å². The number of benzene rings is 1. The van der Waals surface area contributed by atoms with Gasteiger partial charge in [0.15, 0.2) is 0 Å². The van der Waals surface area contributed by atoms with Crippen molar-refractivity contribution in [2.24, 2.45) is 0 Å². The Balaban J connectivity index is 3.16. The van der Waals surface area contributed by atoms with E-state index in [2.05, 4.69) is 5.32 Å². The first-order valence-electron chi connectivity index (χ1n) is 5.37. The molecule has 0 heterocycles. The van der Waals surface area contributed by atoms with Gasteiger partial charge in [-0.1, -0.05) is 11.6 Å². The van der Waals surface area contributed by atoms with Crippen molar-refractivity contribution in [1.82, 2.24) is 5.32 Å². The van der Waals surface area contributed by atoms with E-state index in [0.29, 0.717) is 22.9 Å². The van der Waals surface area contributed by atoms with Crippen LogP contribution in [0.5, 0.6) is 11.5 Å². The van der Waals surface area contributed by atoms with Gasteiger partial charge in [0.1, 0.15) is 11.5 Å². The van der Waals surface area contributed by atoms with Crippen LogP contribution in [0.25, 0.3) is 0 Å². The van der Waals surface area contributed by atoms with Crippen LogP contribution in [0.3, 0.4) is 0 Å². The molecule has 1 aromatic carbocycles. The molecule has 0 aliphatic carbocycles. The molecule has 0 aliphatic rings. The van der Waals surface area contributed by atoms with Gasteiger partial charge in [-0.25, -0.2) is 0 Å². The quantitative estimate of drug-likeness (QED) is 0.821. The van der Waals surface area contributed by atoms with Gasteiger partial charge < -0.3 is 19.9 Å². The van der Waals surface area contributed by atoms with Gasteiger partial charge in [-0.2, -0.15) is 0 Å². The van der Waals surface area contributed by atoms with Crippen molar-refractivity contribution in [3.8, 4) is 11.5 Å². The molecule has 1 unspecified atom stereocenters. The minimum absolute atomic E-state index is 0.00152. The summed E-state index contributed by atoms with van der Waals surface area (Å²) in [6, 6.07) is 3.55. The fourth-order valence-corrected chi connectivity index (χ4v) is 1.99. The second-order valence-electron chi connectivity index (χ2n) is 3.58. The average molecular weight is 260 g/mol. The summed E-state index contributed by atoms with van der Waals surface area (Å²) in [5.74, 6) is 1.27. The Hall–Kier alpha value is -0.970. The van der Waals surface area contributed by atoms with Crippen LogP contribution >= 0.6 is 11.6 Å². The molecule has 2 N–H and O–H groups in total. The lowest BCUT2D eigenvalue weighted by Gasteiger charge is -2.19. The van der Waals surface area contributed by atoms with E-state index in [9.17, 15) is 0 Å². The maximum Gasteiger partial charge on any atom is 0.141 e. The zero-order chi connectivity index (χ0) is 12.8. The van der Waals surface area contributed by atoms with E-state index in [-0.39, 0.29) is 12.6 Å². The Kier molecular flexibility index (Phi) is 5.55. The first-order chi connectivity index (χ1) is 8.17. The van der Waals surface area contributed by atoms with E-state index in [1.54, 1.807) is 26.4 Å². The molecule has 0 amide bonds. The molecule has 0 saturated heterocycles. The van der Waals surface area contributed by atoms with E-state index >= 15 is 0 Å². The first-order valence-corrected chi connectivity index (χ1v) is 5.75. The van der Waals surface area contributed by atoms with Crippen molar-refractivity contribution in [3.63, 3.8) is 0 Å². The van der Waals surface area contributed by atoms with E-state index in [1.807, 2.05) is 7.05 Å². The fraction of sp³-hybridized carbons (Fsp3) is 0.500. The molecule has 1 aromatic rings. The average Bonchev–Trinajstić information content (AvgIpc) is 2.35. The molecule has 0 aliphatic heterocycles. The van der Waals surface area contributed by atoms with Crippen molar-refractivity contribution in [2.45, 2.75) is 12.5 Å². The molecule has 0 fully saturated rings. The molecule has 0 saturated carbocycles. The van der Waals surface area contributed by atoms with Gasteiger partial charge in [0.05, 0.1) is 19.2 Å². The highest BCUT2D eigenvalue weighted by Crippen LogP contribution is 2.36. The Labute approximate surface area is 106 Å². The van der Waals surface area contributed by atoms with E-state index in [1.165, 1.54) is 0 Å². The van der Waals surface area contributed by atoms with Crippen molar-refractivity contribution in [2.75, 3.05) is 27.9 Å². The highest BCUT2D eigenvalue weighted by Gasteiger charge is 2.17. The predicted octanol–water partition coefficient (Wildman–Crippen LogP) is 2.00. The molecule has 0 aromatic heterocycles. The van der Waals surface area contributed by atoms with Crippen LogP contribution in [0.4, 0.5) is 0 Å². The maximum absolute atomic E-state index is 9.02. The van der Waals surface area contributed by atoms with E-state index in [0.717, 1.165) is 5.56 Å². The molecule has 5 heteroatoms. The predicted molar refractivity (Wildman–Crippen MR) is 68.1 cm³/mol. The van der Waals surface area contributed by atoms with Crippen LogP contribution in [0, 0.1) is 0 Å². The summed E-state index contributed by atoms with van der Waals surface area (Å²) in [6.45, 7) is 0.0955. The highest BCUT2D eigenvalue weighted by atomic mass is 35.5. The second kappa shape index (κ2) is 6.69. The summed E-state index contributed by atoms with van der Waals surface area (Å²) in [7, 11) is 4.99. The molecule has 96 valence electrons. The summed E-state index contributed by atoms with van der Waals surface area (Å²) in [5, 5.41) is 12.7. The number of halogens is 1. The molecule has 1 rings (SSSR count). The van der Waals surface area contributed by atoms with Gasteiger partial charge in [0.25, 0.3) is 0 Å². The first kappa shape index (κ1) is 14.1.